The Morgan fingerprint density at radius 3 is 2.46 bits per heavy atom. The van der Waals surface area contributed by atoms with E-state index in [1.54, 1.807) is 31.4 Å². The molecule has 0 unspecified atom stereocenters. The van der Waals surface area contributed by atoms with Crippen molar-refractivity contribution in [3.8, 4) is 11.5 Å². The van der Waals surface area contributed by atoms with Crippen molar-refractivity contribution in [2.45, 2.75) is 18.9 Å². The van der Waals surface area contributed by atoms with Gasteiger partial charge in [0.25, 0.3) is 5.91 Å². The Morgan fingerprint density at radius 1 is 1.12 bits per heavy atom. The van der Waals surface area contributed by atoms with Crippen LogP contribution in [0.5, 0.6) is 11.5 Å². The van der Waals surface area contributed by atoms with Crippen LogP contribution in [0.15, 0.2) is 48.5 Å². The van der Waals surface area contributed by atoms with Gasteiger partial charge >= 0.3 is 0 Å². The van der Waals surface area contributed by atoms with Crippen molar-refractivity contribution >= 4 is 17.5 Å². The summed E-state index contributed by atoms with van der Waals surface area (Å²) in [5.74, 6) is 1.47. The highest BCUT2D eigenvalue weighted by Gasteiger charge is 2.30. The third-order valence-corrected chi connectivity index (χ3v) is 4.50. The summed E-state index contributed by atoms with van der Waals surface area (Å²) in [6.07, 6.45) is 1.97. The molecule has 2 aromatic carbocycles. The molecule has 5 heteroatoms. The van der Waals surface area contributed by atoms with Gasteiger partial charge in [-0.25, -0.2) is 0 Å². The predicted molar refractivity (Wildman–Crippen MR) is 93.6 cm³/mol. The molecule has 126 valence electrons. The molecule has 0 spiro atoms. The maximum atomic E-state index is 12.5. The van der Waals surface area contributed by atoms with E-state index in [9.17, 15) is 4.79 Å². The van der Waals surface area contributed by atoms with Crippen molar-refractivity contribution in [3.63, 3.8) is 0 Å². The number of rotatable bonds is 5. The first-order chi connectivity index (χ1) is 11.7. The maximum Gasteiger partial charge on any atom is 0.261 e. The van der Waals surface area contributed by atoms with E-state index in [0.717, 1.165) is 30.7 Å². The lowest BCUT2D eigenvalue weighted by Crippen LogP contribution is -2.34. The zero-order valence-corrected chi connectivity index (χ0v) is 14.3. The first-order valence-electron chi connectivity index (χ1n) is 7.99. The number of carbonyl (C=O) groups excluding carboxylic acids is 1. The van der Waals surface area contributed by atoms with Crippen LogP contribution in [0.3, 0.4) is 0 Å². The zero-order chi connectivity index (χ0) is 16.9. The van der Waals surface area contributed by atoms with E-state index < -0.39 is 0 Å². The largest absolute Gasteiger partial charge is 0.497 e. The molecule has 1 atom stereocenters. The second-order valence-electron chi connectivity index (χ2n) is 5.76. The van der Waals surface area contributed by atoms with Gasteiger partial charge in [-0.1, -0.05) is 23.7 Å². The van der Waals surface area contributed by atoms with Crippen molar-refractivity contribution in [2.75, 3.05) is 20.3 Å². The second-order valence-corrected chi connectivity index (χ2v) is 6.20. The number of likely N-dealkylation sites (tertiary alicyclic amines) is 1. The van der Waals surface area contributed by atoms with Crippen molar-refractivity contribution in [2.24, 2.45) is 0 Å². The van der Waals surface area contributed by atoms with Crippen LogP contribution < -0.4 is 9.47 Å². The molecule has 1 saturated heterocycles. The number of benzene rings is 2. The number of carbonyl (C=O) groups is 1. The molecule has 3 rings (SSSR count). The lowest BCUT2D eigenvalue weighted by Gasteiger charge is -2.25. The van der Waals surface area contributed by atoms with Crippen molar-refractivity contribution in [3.05, 3.63) is 59.1 Å². The van der Waals surface area contributed by atoms with Gasteiger partial charge < -0.3 is 14.4 Å². The molecule has 1 fully saturated rings. The monoisotopic (exact) mass is 345 g/mol. The number of nitrogens with zero attached hydrogens (tertiary/aromatic N) is 1. The van der Waals surface area contributed by atoms with Gasteiger partial charge in [0.05, 0.1) is 13.2 Å². The van der Waals surface area contributed by atoms with Crippen molar-refractivity contribution in [1.29, 1.82) is 0 Å². The summed E-state index contributed by atoms with van der Waals surface area (Å²) in [6.45, 7) is 0.799. The Kier molecular flexibility index (Phi) is 5.26. The van der Waals surface area contributed by atoms with Crippen LogP contribution in [0.4, 0.5) is 0 Å². The van der Waals surface area contributed by atoms with E-state index in [1.165, 1.54) is 0 Å². The third-order valence-electron chi connectivity index (χ3n) is 4.25. The van der Waals surface area contributed by atoms with E-state index in [0.29, 0.717) is 10.8 Å². The van der Waals surface area contributed by atoms with E-state index in [2.05, 4.69) is 0 Å². The highest BCUT2D eigenvalue weighted by molar-refractivity contribution is 6.30. The number of ether oxygens (including phenoxy) is 2. The van der Waals surface area contributed by atoms with Gasteiger partial charge in [0.2, 0.25) is 0 Å². The normalized spacial score (nSPS) is 16.9. The maximum absolute atomic E-state index is 12.5. The lowest BCUT2D eigenvalue weighted by molar-refractivity contribution is -0.134. The standard InChI is InChI=1S/C19H20ClNO3/c1-23-16-8-4-14(5-9-16)18-3-2-12-21(18)19(22)13-24-17-10-6-15(20)7-11-17/h4-11,18H,2-3,12-13H2,1H3/t18-/m1/s1. The van der Waals surface area contributed by atoms with E-state index >= 15 is 0 Å². The second kappa shape index (κ2) is 7.58. The fraction of sp³-hybridized carbons (Fsp3) is 0.316. The minimum Gasteiger partial charge on any atom is -0.497 e. The number of methoxy groups -OCH3 is 1. The molecule has 0 aliphatic carbocycles. The first kappa shape index (κ1) is 16.7. The molecule has 0 radical (unpaired) electrons. The highest BCUT2D eigenvalue weighted by atomic mass is 35.5. The smallest absolute Gasteiger partial charge is 0.261 e. The average molecular weight is 346 g/mol. The van der Waals surface area contributed by atoms with Crippen LogP contribution in [-0.4, -0.2) is 31.1 Å². The number of hydrogen-bond donors (Lipinski definition) is 0. The van der Waals surface area contributed by atoms with Gasteiger partial charge in [0, 0.05) is 11.6 Å². The van der Waals surface area contributed by atoms with Crippen LogP contribution in [-0.2, 0) is 4.79 Å². The minimum absolute atomic E-state index is 0.00303. The van der Waals surface area contributed by atoms with Gasteiger partial charge in [-0.15, -0.1) is 0 Å². The molecule has 0 bridgehead atoms. The summed E-state index contributed by atoms with van der Waals surface area (Å²) in [6, 6.07) is 15.0. The molecule has 0 saturated carbocycles. The van der Waals surface area contributed by atoms with Crippen molar-refractivity contribution in [1.82, 2.24) is 4.90 Å². The van der Waals surface area contributed by atoms with E-state index in [-0.39, 0.29) is 18.6 Å². The first-order valence-corrected chi connectivity index (χ1v) is 8.37. The molecule has 24 heavy (non-hydrogen) atoms. The molecule has 0 aromatic heterocycles. The summed E-state index contributed by atoms with van der Waals surface area (Å²) >= 11 is 5.85. The topological polar surface area (TPSA) is 38.8 Å². The Labute approximate surface area is 146 Å². The Bertz CT molecular complexity index is 685. The summed E-state index contributed by atoms with van der Waals surface area (Å²) in [5.41, 5.74) is 1.13. The van der Waals surface area contributed by atoms with Crippen LogP contribution in [0.25, 0.3) is 0 Å². The molecule has 2 aromatic rings. The zero-order valence-electron chi connectivity index (χ0n) is 13.6. The van der Waals surface area contributed by atoms with Crippen molar-refractivity contribution < 1.29 is 14.3 Å². The summed E-state index contributed by atoms with van der Waals surface area (Å²) in [7, 11) is 1.65. The summed E-state index contributed by atoms with van der Waals surface area (Å²) in [5, 5.41) is 0.646. The van der Waals surface area contributed by atoms with Crippen LogP contribution in [0, 0.1) is 0 Å². The molecule has 1 heterocycles. The highest BCUT2D eigenvalue weighted by Crippen LogP contribution is 2.32. The van der Waals surface area contributed by atoms with Crippen LogP contribution in [0.2, 0.25) is 5.02 Å². The molecule has 1 amide bonds. The fourth-order valence-electron chi connectivity index (χ4n) is 3.00. The van der Waals surface area contributed by atoms with Crippen LogP contribution in [0.1, 0.15) is 24.4 Å². The van der Waals surface area contributed by atoms with Gasteiger partial charge in [-0.3, -0.25) is 4.79 Å². The number of halogens is 1. The Balaban J connectivity index is 1.63. The molecule has 0 N–H and O–H groups in total. The number of amides is 1. The third kappa shape index (κ3) is 3.82. The molecule has 1 aliphatic rings. The van der Waals surface area contributed by atoms with Crippen LogP contribution >= 0.6 is 11.6 Å². The summed E-state index contributed by atoms with van der Waals surface area (Å²) < 4.78 is 10.8. The van der Waals surface area contributed by atoms with Gasteiger partial charge in [-0.05, 0) is 54.8 Å². The van der Waals surface area contributed by atoms with Gasteiger partial charge in [0.15, 0.2) is 6.61 Å². The summed E-state index contributed by atoms with van der Waals surface area (Å²) in [4.78, 5) is 14.4. The fourth-order valence-corrected chi connectivity index (χ4v) is 3.12. The minimum atomic E-state index is 0.00303. The van der Waals surface area contributed by atoms with E-state index in [1.807, 2.05) is 29.2 Å². The van der Waals surface area contributed by atoms with Gasteiger partial charge in [0.1, 0.15) is 11.5 Å². The average Bonchev–Trinajstić information content (AvgIpc) is 3.11. The Hall–Kier alpha value is -2.20. The molecule has 4 nitrogen and oxygen atoms in total. The molecule has 1 aliphatic heterocycles. The molecular formula is C19H20ClNO3. The van der Waals surface area contributed by atoms with Gasteiger partial charge in [-0.2, -0.15) is 0 Å². The predicted octanol–water partition coefficient (Wildman–Crippen LogP) is 4.09. The SMILES string of the molecule is COc1ccc([C@H]2CCCN2C(=O)COc2ccc(Cl)cc2)cc1. The Morgan fingerprint density at radius 2 is 1.79 bits per heavy atom. The van der Waals surface area contributed by atoms with E-state index in [4.69, 9.17) is 21.1 Å². The molecular weight excluding hydrogens is 326 g/mol. The quantitative estimate of drug-likeness (QED) is 0.819. The lowest BCUT2D eigenvalue weighted by atomic mass is 10.0. The number of hydrogen-bond acceptors (Lipinski definition) is 3.